The Bertz CT molecular complexity index is 333. The highest BCUT2D eigenvalue weighted by atomic mass is 16.5. The Morgan fingerprint density at radius 1 is 1.17 bits per heavy atom. The van der Waals surface area contributed by atoms with E-state index in [1.54, 1.807) is 0 Å². The van der Waals surface area contributed by atoms with Gasteiger partial charge in [-0.3, -0.25) is 0 Å². The van der Waals surface area contributed by atoms with Gasteiger partial charge in [-0.2, -0.15) is 0 Å². The topological polar surface area (TPSA) is 47.3 Å². The lowest BCUT2D eigenvalue weighted by atomic mass is 10.1. The fourth-order valence-electron chi connectivity index (χ4n) is 1.88. The Morgan fingerprint density at radius 3 is 2.67 bits per heavy atom. The van der Waals surface area contributed by atoms with Gasteiger partial charge in [-0.15, -0.1) is 0 Å². The molecule has 1 saturated carbocycles. The van der Waals surface area contributed by atoms with E-state index in [1.165, 1.54) is 18.4 Å². The minimum Gasteiger partial charge on any atom is -0.399 e. The molecule has 0 amide bonds. The molecular weight excluding hydrogens is 224 g/mol. The lowest BCUT2D eigenvalue weighted by Crippen LogP contribution is -2.19. The fourth-order valence-corrected chi connectivity index (χ4v) is 1.88. The molecule has 1 fully saturated rings. The van der Waals surface area contributed by atoms with Crippen molar-refractivity contribution < 1.29 is 4.74 Å². The smallest absolute Gasteiger partial charge is 0.0494 e. The molecule has 0 aromatic heterocycles. The van der Waals surface area contributed by atoms with Gasteiger partial charge in [0.15, 0.2) is 0 Å². The van der Waals surface area contributed by atoms with Gasteiger partial charge in [0, 0.05) is 18.9 Å². The Balaban J connectivity index is 1.42. The molecule has 3 heteroatoms. The molecule has 0 bridgehead atoms. The van der Waals surface area contributed by atoms with Gasteiger partial charge in [0.1, 0.15) is 0 Å². The van der Waals surface area contributed by atoms with Crippen molar-refractivity contribution in [2.24, 2.45) is 5.92 Å². The van der Waals surface area contributed by atoms with Gasteiger partial charge < -0.3 is 15.8 Å². The Hall–Kier alpha value is -1.06. The third kappa shape index (κ3) is 5.52. The standard InChI is InChI=1S/C15H24N2O/c16-15-6-4-13(5-7-15)8-10-17-9-1-11-18-12-14-2-3-14/h4-7,14,17H,1-3,8-12,16H2. The summed E-state index contributed by atoms with van der Waals surface area (Å²) in [5.74, 6) is 0.878. The van der Waals surface area contributed by atoms with Gasteiger partial charge in [-0.1, -0.05) is 12.1 Å². The van der Waals surface area contributed by atoms with Gasteiger partial charge in [0.05, 0.1) is 0 Å². The maximum Gasteiger partial charge on any atom is 0.0494 e. The fraction of sp³-hybridized carbons (Fsp3) is 0.600. The quantitative estimate of drug-likeness (QED) is 0.520. The van der Waals surface area contributed by atoms with Crippen LogP contribution in [0, 0.1) is 5.92 Å². The first-order valence-electron chi connectivity index (χ1n) is 6.97. The maximum atomic E-state index is 5.65. The molecule has 3 N–H and O–H groups in total. The van der Waals surface area contributed by atoms with Crippen LogP contribution in [-0.2, 0) is 11.2 Å². The molecule has 0 saturated heterocycles. The summed E-state index contributed by atoms with van der Waals surface area (Å²) in [7, 11) is 0. The molecule has 18 heavy (non-hydrogen) atoms. The maximum absolute atomic E-state index is 5.65. The van der Waals surface area contributed by atoms with E-state index in [-0.39, 0.29) is 0 Å². The van der Waals surface area contributed by atoms with E-state index < -0.39 is 0 Å². The third-order valence-corrected chi connectivity index (χ3v) is 3.26. The van der Waals surface area contributed by atoms with Crippen molar-refractivity contribution in [2.75, 3.05) is 32.0 Å². The van der Waals surface area contributed by atoms with Crippen molar-refractivity contribution in [2.45, 2.75) is 25.7 Å². The van der Waals surface area contributed by atoms with Crippen LogP contribution in [0.2, 0.25) is 0 Å². The van der Waals surface area contributed by atoms with Gasteiger partial charge in [-0.25, -0.2) is 0 Å². The first-order chi connectivity index (χ1) is 8.84. The predicted octanol–water partition coefficient (Wildman–Crippen LogP) is 2.22. The summed E-state index contributed by atoms with van der Waals surface area (Å²) in [6.45, 7) is 3.93. The van der Waals surface area contributed by atoms with Crippen molar-refractivity contribution >= 4 is 5.69 Å². The average molecular weight is 248 g/mol. The summed E-state index contributed by atoms with van der Waals surface area (Å²) in [6.07, 6.45) is 4.91. The molecule has 1 aliphatic carbocycles. The molecule has 2 rings (SSSR count). The predicted molar refractivity (Wildman–Crippen MR) is 75.6 cm³/mol. The van der Waals surface area contributed by atoms with E-state index in [0.29, 0.717) is 0 Å². The lowest BCUT2D eigenvalue weighted by molar-refractivity contribution is 0.122. The number of anilines is 1. The minimum absolute atomic E-state index is 0.833. The van der Waals surface area contributed by atoms with Crippen molar-refractivity contribution in [1.82, 2.24) is 5.32 Å². The summed E-state index contributed by atoms with van der Waals surface area (Å²) in [4.78, 5) is 0. The molecule has 0 radical (unpaired) electrons. The second kappa shape index (κ2) is 7.39. The number of benzene rings is 1. The van der Waals surface area contributed by atoms with Crippen molar-refractivity contribution in [3.63, 3.8) is 0 Å². The van der Waals surface area contributed by atoms with Crippen LogP contribution >= 0.6 is 0 Å². The number of ether oxygens (including phenoxy) is 1. The van der Waals surface area contributed by atoms with Crippen LogP contribution in [0.3, 0.4) is 0 Å². The Morgan fingerprint density at radius 2 is 1.94 bits per heavy atom. The molecule has 1 aromatic carbocycles. The van der Waals surface area contributed by atoms with Gasteiger partial charge in [0.2, 0.25) is 0 Å². The number of hydrogen-bond donors (Lipinski definition) is 2. The van der Waals surface area contributed by atoms with E-state index in [4.69, 9.17) is 10.5 Å². The molecule has 0 spiro atoms. The number of hydrogen-bond acceptors (Lipinski definition) is 3. The van der Waals surface area contributed by atoms with E-state index in [9.17, 15) is 0 Å². The molecule has 100 valence electrons. The molecule has 0 atom stereocenters. The molecule has 3 nitrogen and oxygen atoms in total. The highest BCUT2D eigenvalue weighted by Gasteiger charge is 2.20. The molecule has 0 unspecified atom stereocenters. The SMILES string of the molecule is Nc1ccc(CCNCCCOCC2CC2)cc1. The van der Waals surface area contributed by atoms with E-state index in [2.05, 4.69) is 17.4 Å². The molecular formula is C15H24N2O. The lowest BCUT2D eigenvalue weighted by Gasteiger charge is -2.06. The first kappa shape index (κ1) is 13.4. The molecule has 1 aromatic rings. The van der Waals surface area contributed by atoms with Crippen molar-refractivity contribution in [1.29, 1.82) is 0 Å². The largest absolute Gasteiger partial charge is 0.399 e. The van der Waals surface area contributed by atoms with Crippen molar-refractivity contribution in [3.05, 3.63) is 29.8 Å². The number of nitrogens with two attached hydrogens (primary N) is 1. The van der Waals surface area contributed by atoms with Gasteiger partial charge in [0.25, 0.3) is 0 Å². The highest BCUT2D eigenvalue weighted by molar-refractivity contribution is 5.39. The third-order valence-electron chi connectivity index (χ3n) is 3.26. The van der Waals surface area contributed by atoms with Crippen LogP contribution in [-0.4, -0.2) is 26.3 Å². The zero-order valence-corrected chi connectivity index (χ0v) is 11.0. The first-order valence-corrected chi connectivity index (χ1v) is 6.97. The van der Waals surface area contributed by atoms with Gasteiger partial charge in [-0.05, 0) is 62.4 Å². The van der Waals surface area contributed by atoms with Crippen LogP contribution in [0.4, 0.5) is 5.69 Å². The Labute approximate surface area is 110 Å². The van der Waals surface area contributed by atoms with Gasteiger partial charge >= 0.3 is 0 Å². The summed E-state index contributed by atoms with van der Waals surface area (Å²) in [5.41, 5.74) is 7.81. The van der Waals surface area contributed by atoms with E-state index >= 15 is 0 Å². The van der Waals surface area contributed by atoms with E-state index in [0.717, 1.165) is 50.8 Å². The monoisotopic (exact) mass is 248 g/mol. The van der Waals surface area contributed by atoms with Crippen molar-refractivity contribution in [3.8, 4) is 0 Å². The minimum atomic E-state index is 0.833. The van der Waals surface area contributed by atoms with Crippen LogP contribution in [0.15, 0.2) is 24.3 Å². The van der Waals surface area contributed by atoms with Crippen LogP contribution < -0.4 is 11.1 Å². The zero-order chi connectivity index (χ0) is 12.6. The van der Waals surface area contributed by atoms with Crippen LogP contribution in [0.5, 0.6) is 0 Å². The normalized spacial score (nSPS) is 14.9. The highest BCUT2D eigenvalue weighted by Crippen LogP contribution is 2.28. The zero-order valence-electron chi connectivity index (χ0n) is 11.0. The molecule has 1 aliphatic rings. The second-order valence-corrected chi connectivity index (χ2v) is 5.11. The molecule has 0 heterocycles. The second-order valence-electron chi connectivity index (χ2n) is 5.11. The number of rotatable bonds is 9. The number of nitrogens with one attached hydrogen (secondary N) is 1. The van der Waals surface area contributed by atoms with E-state index in [1.807, 2.05) is 12.1 Å². The Kier molecular flexibility index (Phi) is 5.49. The summed E-state index contributed by atoms with van der Waals surface area (Å²) >= 11 is 0. The number of nitrogen functional groups attached to an aromatic ring is 1. The summed E-state index contributed by atoms with van der Waals surface area (Å²) in [5, 5.41) is 3.44. The average Bonchev–Trinajstić information content (AvgIpc) is 3.19. The molecule has 0 aliphatic heterocycles. The summed E-state index contributed by atoms with van der Waals surface area (Å²) < 4.78 is 5.58. The van der Waals surface area contributed by atoms with Crippen LogP contribution in [0.25, 0.3) is 0 Å². The van der Waals surface area contributed by atoms with Crippen LogP contribution in [0.1, 0.15) is 24.8 Å². The summed E-state index contributed by atoms with van der Waals surface area (Å²) in [6, 6.07) is 8.10.